The number of aliphatic carboxylic acids is 1. The molecule has 0 saturated carbocycles. The summed E-state index contributed by atoms with van der Waals surface area (Å²) in [6, 6.07) is 0. The molecule has 1 atom stereocenters. The van der Waals surface area contributed by atoms with E-state index in [4.69, 9.17) is 0 Å². The zero-order valence-corrected chi connectivity index (χ0v) is 11.0. The van der Waals surface area contributed by atoms with Crippen molar-refractivity contribution in [3.8, 4) is 0 Å². The van der Waals surface area contributed by atoms with Crippen LogP contribution >= 0.6 is 11.8 Å². The Morgan fingerprint density at radius 1 is 1.53 bits per heavy atom. The molecule has 0 aliphatic carbocycles. The minimum absolute atomic E-state index is 0.00613. The van der Waals surface area contributed by atoms with Gasteiger partial charge in [0.25, 0.3) is 0 Å². The fourth-order valence-corrected chi connectivity index (χ4v) is 3.41. The van der Waals surface area contributed by atoms with Gasteiger partial charge in [-0.3, -0.25) is 9.69 Å². The van der Waals surface area contributed by atoms with Crippen LogP contribution in [0.5, 0.6) is 0 Å². The predicted molar refractivity (Wildman–Crippen MR) is 62.6 cm³/mol. The molecule has 0 aromatic heterocycles. The van der Waals surface area contributed by atoms with Crippen molar-refractivity contribution in [1.82, 2.24) is 4.90 Å². The number of thioether (sulfide) groups is 1. The van der Waals surface area contributed by atoms with Crippen molar-refractivity contribution in [2.24, 2.45) is 0 Å². The Morgan fingerprint density at radius 3 is 2.65 bits per heavy atom. The van der Waals surface area contributed by atoms with Crippen molar-refractivity contribution < 1.29 is 19.2 Å². The van der Waals surface area contributed by atoms with Gasteiger partial charge in [-0.15, -0.1) is 11.8 Å². The maximum Gasteiger partial charge on any atom is 0.230 e. The summed E-state index contributed by atoms with van der Waals surface area (Å²) in [6.07, 6.45) is 0.444. The second-order valence-electron chi connectivity index (χ2n) is 5.42. The first-order chi connectivity index (χ1) is 7.79. The highest BCUT2D eigenvalue weighted by Gasteiger charge is 2.43. The van der Waals surface area contributed by atoms with E-state index in [1.165, 1.54) is 4.90 Å². The number of β-lactam (4-membered cyclic amide) rings is 1. The summed E-state index contributed by atoms with van der Waals surface area (Å²) in [6.45, 7) is 0.618. The van der Waals surface area contributed by atoms with E-state index in [-0.39, 0.29) is 17.0 Å². The number of carboxylic acid groups (broad SMARTS) is 1. The SMILES string of the molecule is C[N+](C)(C)CC1=C(C(=O)[O-])N2C(=O)C[C@H]2SC1. The van der Waals surface area contributed by atoms with E-state index in [2.05, 4.69) is 0 Å². The van der Waals surface area contributed by atoms with Gasteiger partial charge in [-0.1, -0.05) is 0 Å². The molecule has 2 aliphatic rings. The van der Waals surface area contributed by atoms with Gasteiger partial charge in [0.05, 0.1) is 44.6 Å². The molecule has 1 fully saturated rings. The molecule has 17 heavy (non-hydrogen) atoms. The van der Waals surface area contributed by atoms with Crippen molar-refractivity contribution in [2.45, 2.75) is 11.8 Å². The van der Waals surface area contributed by atoms with Gasteiger partial charge < -0.3 is 14.4 Å². The molecule has 2 rings (SSSR count). The number of likely N-dealkylation sites (N-methyl/N-ethyl adjacent to an activating group) is 1. The molecule has 0 aromatic rings. The van der Waals surface area contributed by atoms with Crippen molar-refractivity contribution in [1.29, 1.82) is 0 Å². The van der Waals surface area contributed by atoms with Crippen LogP contribution < -0.4 is 5.11 Å². The summed E-state index contributed by atoms with van der Waals surface area (Å²) in [5.41, 5.74) is 0.907. The fraction of sp³-hybridized carbons (Fsp3) is 0.636. The maximum atomic E-state index is 11.5. The van der Waals surface area contributed by atoms with E-state index in [9.17, 15) is 14.7 Å². The zero-order chi connectivity index (χ0) is 12.8. The molecule has 0 unspecified atom stereocenters. The molecule has 1 amide bonds. The third kappa shape index (κ3) is 2.32. The third-order valence-corrected chi connectivity index (χ3v) is 4.07. The molecular weight excluding hydrogens is 240 g/mol. The first-order valence-corrected chi connectivity index (χ1v) is 6.52. The minimum atomic E-state index is -1.23. The van der Waals surface area contributed by atoms with Gasteiger partial charge in [-0.2, -0.15) is 0 Å². The van der Waals surface area contributed by atoms with Gasteiger partial charge in [-0.25, -0.2) is 0 Å². The first kappa shape index (κ1) is 12.4. The second-order valence-corrected chi connectivity index (χ2v) is 6.59. The molecule has 0 spiro atoms. The van der Waals surface area contributed by atoms with Crippen LogP contribution in [-0.2, 0) is 9.59 Å². The molecule has 0 aromatic carbocycles. The number of nitrogens with zero attached hydrogens (tertiary/aromatic N) is 2. The Hall–Kier alpha value is -1.01. The highest BCUT2D eigenvalue weighted by Crippen LogP contribution is 2.39. The van der Waals surface area contributed by atoms with Gasteiger partial charge in [0.2, 0.25) is 5.91 Å². The molecule has 0 radical (unpaired) electrons. The van der Waals surface area contributed by atoms with E-state index in [1.807, 2.05) is 21.1 Å². The lowest BCUT2D eigenvalue weighted by molar-refractivity contribution is -0.865. The van der Waals surface area contributed by atoms with Gasteiger partial charge in [-0.05, 0) is 0 Å². The number of carboxylic acids is 1. The molecular formula is C11H16N2O3S. The largest absolute Gasteiger partial charge is 0.543 e. The van der Waals surface area contributed by atoms with Gasteiger partial charge >= 0.3 is 0 Å². The maximum absolute atomic E-state index is 11.5. The number of amides is 1. The lowest BCUT2D eigenvalue weighted by Crippen LogP contribution is -2.56. The Kier molecular flexibility index (Phi) is 2.95. The average Bonchev–Trinajstić information content (AvgIpc) is 2.15. The van der Waals surface area contributed by atoms with Crippen LogP contribution in [0.25, 0.3) is 0 Å². The third-order valence-electron chi connectivity index (χ3n) is 2.79. The molecule has 0 bridgehead atoms. The highest BCUT2D eigenvalue weighted by atomic mass is 32.2. The predicted octanol–water partition coefficient (Wildman–Crippen LogP) is -0.998. The number of rotatable bonds is 3. The van der Waals surface area contributed by atoms with Gasteiger partial charge in [0.15, 0.2) is 0 Å². The van der Waals surface area contributed by atoms with E-state index in [1.54, 1.807) is 11.8 Å². The number of quaternary nitrogens is 1. The number of hydrogen-bond donors (Lipinski definition) is 0. The summed E-state index contributed by atoms with van der Waals surface area (Å²) in [7, 11) is 5.98. The molecule has 2 heterocycles. The molecule has 2 aliphatic heterocycles. The standard InChI is InChI=1S/C11H16N2O3S/c1-13(2,3)5-7-6-17-9-4-8(14)12(9)10(7)11(15)16/h9H,4-6H2,1-3H3/t9-/m1/s1. The van der Waals surface area contributed by atoms with Crippen molar-refractivity contribution in [3.63, 3.8) is 0 Å². The Bertz CT molecular complexity index is 411. The van der Waals surface area contributed by atoms with Gasteiger partial charge in [0, 0.05) is 11.3 Å². The minimum Gasteiger partial charge on any atom is -0.543 e. The summed E-state index contributed by atoms with van der Waals surface area (Å²) in [5, 5.41) is 11.2. The van der Waals surface area contributed by atoms with Crippen LogP contribution in [0.3, 0.4) is 0 Å². The zero-order valence-electron chi connectivity index (χ0n) is 10.2. The summed E-state index contributed by atoms with van der Waals surface area (Å²) < 4.78 is 0.638. The monoisotopic (exact) mass is 256 g/mol. The lowest BCUT2D eigenvalue weighted by Gasteiger charge is -2.46. The van der Waals surface area contributed by atoms with E-state index in [0.29, 0.717) is 23.2 Å². The molecule has 5 nitrogen and oxygen atoms in total. The van der Waals surface area contributed by atoms with Gasteiger partial charge in [0.1, 0.15) is 6.54 Å². The molecule has 94 valence electrons. The fourth-order valence-electron chi connectivity index (χ4n) is 2.16. The normalized spacial score (nSPS) is 24.5. The molecule has 6 heteroatoms. The smallest absolute Gasteiger partial charge is 0.230 e. The average molecular weight is 256 g/mol. The number of fused-ring (bicyclic) bond motifs is 1. The van der Waals surface area contributed by atoms with E-state index >= 15 is 0 Å². The van der Waals surface area contributed by atoms with Crippen LogP contribution in [0.15, 0.2) is 11.3 Å². The first-order valence-electron chi connectivity index (χ1n) is 5.47. The quantitative estimate of drug-likeness (QED) is 0.480. The van der Waals surface area contributed by atoms with Crippen LogP contribution in [-0.4, -0.2) is 60.1 Å². The van der Waals surface area contributed by atoms with Crippen LogP contribution in [0.1, 0.15) is 6.42 Å². The number of carbonyl (C=O) groups is 2. The second kappa shape index (κ2) is 4.03. The number of hydrogen-bond acceptors (Lipinski definition) is 4. The van der Waals surface area contributed by atoms with E-state index in [0.717, 1.165) is 5.57 Å². The summed E-state index contributed by atoms with van der Waals surface area (Å²) in [5.74, 6) is -0.667. The summed E-state index contributed by atoms with van der Waals surface area (Å²) >= 11 is 1.63. The Labute approximate surface area is 105 Å². The van der Waals surface area contributed by atoms with Crippen LogP contribution in [0, 0.1) is 0 Å². The topological polar surface area (TPSA) is 60.4 Å². The lowest BCUT2D eigenvalue weighted by atomic mass is 10.1. The highest BCUT2D eigenvalue weighted by molar-refractivity contribution is 8.00. The van der Waals surface area contributed by atoms with Crippen molar-refractivity contribution in [3.05, 3.63) is 11.3 Å². The van der Waals surface area contributed by atoms with Crippen LogP contribution in [0.4, 0.5) is 0 Å². The number of carbonyl (C=O) groups excluding carboxylic acids is 2. The van der Waals surface area contributed by atoms with Crippen LogP contribution in [0.2, 0.25) is 0 Å². The van der Waals surface area contributed by atoms with Crippen molar-refractivity contribution >= 4 is 23.6 Å². The van der Waals surface area contributed by atoms with Crippen molar-refractivity contribution in [2.75, 3.05) is 33.4 Å². The molecule has 1 saturated heterocycles. The van der Waals surface area contributed by atoms with E-state index < -0.39 is 5.97 Å². The Morgan fingerprint density at radius 2 is 2.18 bits per heavy atom. The summed E-state index contributed by atoms with van der Waals surface area (Å²) in [4.78, 5) is 24.1. The molecule has 0 N–H and O–H groups in total. The Balaban J connectivity index is 2.33.